The molecule has 0 heterocycles. The largest absolute Gasteiger partial charge is 0.402 e. The van der Waals surface area contributed by atoms with Crippen molar-refractivity contribution in [1.82, 2.24) is 0 Å². The fourth-order valence-electron chi connectivity index (χ4n) is 3.32. The van der Waals surface area contributed by atoms with E-state index in [9.17, 15) is 9.36 Å². The molecule has 0 bridgehead atoms. The fourth-order valence-corrected chi connectivity index (χ4v) is 5.64. The maximum absolute atomic E-state index is 13.8. The number of carbonyl (C=O) groups is 1. The van der Waals surface area contributed by atoms with E-state index >= 15 is 0 Å². The molecule has 5 heteroatoms. The molecule has 1 aromatic carbocycles. The lowest BCUT2D eigenvalue weighted by atomic mass is 9.97. The smallest absolute Gasteiger partial charge is 0.299 e. The number of aryl methyl sites for hydroxylation is 1. The van der Waals surface area contributed by atoms with E-state index in [-0.39, 0.29) is 35.9 Å². The minimum absolute atomic E-state index is 0.115. The molecule has 0 fully saturated rings. The van der Waals surface area contributed by atoms with Crippen LogP contribution >= 0.6 is 7.60 Å². The normalized spacial score (nSPS) is 13.0. The third kappa shape index (κ3) is 6.55. The van der Waals surface area contributed by atoms with E-state index in [0.717, 1.165) is 5.56 Å². The molecular formula is C22H37O4P. The van der Waals surface area contributed by atoms with Crippen molar-refractivity contribution in [1.29, 1.82) is 0 Å². The van der Waals surface area contributed by atoms with Gasteiger partial charge in [-0.25, -0.2) is 0 Å². The van der Waals surface area contributed by atoms with Crippen LogP contribution in [-0.4, -0.2) is 17.7 Å². The van der Waals surface area contributed by atoms with Crippen LogP contribution in [-0.2, 0) is 13.6 Å². The van der Waals surface area contributed by atoms with Gasteiger partial charge < -0.3 is 0 Å². The van der Waals surface area contributed by atoms with Crippen LogP contribution in [0.2, 0.25) is 0 Å². The summed E-state index contributed by atoms with van der Waals surface area (Å²) in [7, 11) is -4.01. The Balaban J connectivity index is 3.34. The van der Waals surface area contributed by atoms with Crippen molar-refractivity contribution in [2.45, 2.75) is 74.5 Å². The molecule has 0 aromatic heterocycles. The maximum atomic E-state index is 13.8. The highest BCUT2D eigenvalue weighted by atomic mass is 31.2. The molecule has 0 N–H and O–H groups in total. The molecule has 0 aliphatic heterocycles. The molecule has 0 saturated carbocycles. The Hall–Kier alpha value is -0.960. The topological polar surface area (TPSA) is 52.6 Å². The Kier molecular flexibility index (Phi) is 8.92. The average Bonchev–Trinajstić information content (AvgIpc) is 2.56. The summed E-state index contributed by atoms with van der Waals surface area (Å²) in [6.07, 6.45) is -0.657. The molecule has 0 spiro atoms. The average molecular weight is 397 g/mol. The Morgan fingerprint density at radius 3 is 1.37 bits per heavy atom. The second kappa shape index (κ2) is 10.0. The second-order valence-corrected chi connectivity index (χ2v) is 10.6. The standard InChI is InChI=1S/C22H37O4P/c1-14(2)20(15(3)4)25-27(24,26-21(16(5)6)17(7)8)22(23)19-12-10-18(9)11-13-19/h10-17,20-21H,1-9H3. The number of hydrogen-bond acceptors (Lipinski definition) is 4. The molecule has 154 valence electrons. The van der Waals surface area contributed by atoms with Crippen LogP contribution in [0.15, 0.2) is 24.3 Å². The van der Waals surface area contributed by atoms with Crippen LogP contribution in [0.3, 0.4) is 0 Å². The summed E-state index contributed by atoms with van der Waals surface area (Å²) < 4.78 is 25.9. The number of hydrogen-bond donors (Lipinski definition) is 0. The quantitative estimate of drug-likeness (QED) is 0.412. The van der Waals surface area contributed by atoms with Crippen LogP contribution in [0.5, 0.6) is 0 Å². The number of carbonyl (C=O) groups excluding carboxylic acids is 1. The summed E-state index contributed by atoms with van der Waals surface area (Å²) in [5.41, 5.74) is 0.842. The van der Waals surface area contributed by atoms with E-state index in [0.29, 0.717) is 5.56 Å². The van der Waals surface area contributed by atoms with Crippen molar-refractivity contribution >= 4 is 13.1 Å². The predicted molar refractivity (Wildman–Crippen MR) is 112 cm³/mol. The molecule has 0 saturated heterocycles. The number of rotatable bonds is 10. The van der Waals surface area contributed by atoms with Crippen molar-refractivity contribution in [3.05, 3.63) is 35.4 Å². The molecule has 1 aromatic rings. The van der Waals surface area contributed by atoms with E-state index in [1.807, 2.05) is 74.4 Å². The zero-order valence-electron chi connectivity index (χ0n) is 18.4. The van der Waals surface area contributed by atoms with Gasteiger partial charge in [-0.15, -0.1) is 0 Å². The number of benzene rings is 1. The van der Waals surface area contributed by atoms with Crippen LogP contribution in [0.1, 0.15) is 71.3 Å². The van der Waals surface area contributed by atoms with Crippen molar-refractivity contribution in [2.24, 2.45) is 23.7 Å². The summed E-state index contributed by atoms with van der Waals surface area (Å²) in [6, 6.07) is 7.05. The summed E-state index contributed by atoms with van der Waals surface area (Å²) in [4.78, 5) is 13.2. The van der Waals surface area contributed by atoms with Crippen LogP contribution in [0.25, 0.3) is 0 Å². The lowest BCUT2D eigenvalue weighted by molar-refractivity contribution is 0.0346. The SMILES string of the molecule is Cc1ccc(C(=O)P(=O)(OC(C(C)C)C(C)C)OC(C(C)C)C(C)C)cc1. The van der Waals surface area contributed by atoms with Gasteiger partial charge in [-0.3, -0.25) is 18.4 Å². The molecule has 0 radical (unpaired) electrons. The highest BCUT2D eigenvalue weighted by Gasteiger charge is 2.43. The summed E-state index contributed by atoms with van der Waals surface area (Å²) in [6.45, 7) is 18.0. The second-order valence-electron chi connectivity index (χ2n) is 8.78. The van der Waals surface area contributed by atoms with Gasteiger partial charge in [0.1, 0.15) is 0 Å². The first-order chi connectivity index (χ1) is 12.4. The van der Waals surface area contributed by atoms with Gasteiger partial charge in [-0.05, 0) is 30.6 Å². The van der Waals surface area contributed by atoms with E-state index in [1.165, 1.54) is 0 Å². The van der Waals surface area contributed by atoms with Gasteiger partial charge in [0, 0.05) is 5.56 Å². The zero-order chi connectivity index (χ0) is 20.9. The van der Waals surface area contributed by atoms with Crippen molar-refractivity contribution < 1.29 is 18.4 Å². The van der Waals surface area contributed by atoms with E-state index in [4.69, 9.17) is 9.05 Å². The molecule has 1 rings (SSSR count). The van der Waals surface area contributed by atoms with E-state index < -0.39 is 13.1 Å². The molecule has 27 heavy (non-hydrogen) atoms. The lowest BCUT2D eigenvalue weighted by Crippen LogP contribution is -2.31. The van der Waals surface area contributed by atoms with Gasteiger partial charge in [0.05, 0.1) is 12.2 Å². The molecule has 0 aliphatic rings. The maximum Gasteiger partial charge on any atom is 0.402 e. The van der Waals surface area contributed by atoms with Gasteiger partial charge in [-0.2, -0.15) is 0 Å². The fraction of sp³-hybridized carbons (Fsp3) is 0.682. The van der Waals surface area contributed by atoms with Crippen molar-refractivity contribution in [3.8, 4) is 0 Å². The monoisotopic (exact) mass is 396 g/mol. The van der Waals surface area contributed by atoms with Gasteiger partial charge in [0.15, 0.2) is 0 Å². The van der Waals surface area contributed by atoms with Crippen LogP contribution in [0, 0.1) is 30.6 Å². The van der Waals surface area contributed by atoms with Gasteiger partial charge >= 0.3 is 7.60 Å². The first-order valence-corrected chi connectivity index (χ1v) is 11.5. The lowest BCUT2D eigenvalue weighted by Gasteiger charge is -2.33. The highest BCUT2D eigenvalue weighted by Crippen LogP contribution is 2.56. The van der Waals surface area contributed by atoms with Gasteiger partial charge in [0.25, 0.3) is 5.52 Å². The summed E-state index contributed by atoms with van der Waals surface area (Å²) in [5.74, 6) is 0.460. The van der Waals surface area contributed by atoms with Crippen LogP contribution in [0.4, 0.5) is 0 Å². The minimum atomic E-state index is -4.01. The van der Waals surface area contributed by atoms with Gasteiger partial charge in [-0.1, -0.05) is 85.2 Å². The Morgan fingerprint density at radius 2 is 1.07 bits per heavy atom. The minimum Gasteiger partial charge on any atom is -0.299 e. The molecular weight excluding hydrogens is 359 g/mol. The first kappa shape index (κ1) is 24.1. The molecule has 0 atom stereocenters. The summed E-state index contributed by atoms with van der Waals surface area (Å²) in [5, 5.41) is 0. The zero-order valence-corrected chi connectivity index (χ0v) is 19.2. The third-order valence-corrected chi connectivity index (χ3v) is 6.49. The highest BCUT2D eigenvalue weighted by molar-refractivity contribution is 7.72. The molecule has 0 aliphatic carbocycles. The predicted octanol–water partition coefficient (Wildman–Crippen LogP) is 6.72. The third-order valence-electron chi connectivity index (χ3n) is 4.70. The van der Waals surface area contributed by atoms with Crippen molar-refractivity contribution in [2.75, 3.05) is 0 Å². The van der Waals surface area contributed by atoms with E-state index in [1.54, 1.807) is 12.1 Å². The molecule has 0 amide bonds. The molecule has 0 unspecified atom stereocenters. The van der Waals surface area contributed by atoms with E-state index in [2.05, 4.69) is 0 Å². The Bertz CT molecular complexity index is 605. The van der Waals surface area contributed by atoms with Crippen LogP contribution < -0.4 is 0 Å². The first-order valence-electron chi connectivity index (χ1n) is 9.97. The van der Waals surface area contributed by atoms with Gasteiger partial charge in [0.2, 0.25) is 0 Å². The summed E-state index contributed by atoms with van der Waals surface area (Å²) >= 11 is 0. The Labute approximate surface area is 165 Å². The molecule has 4 nitrogen and oxygen atoms in total. The Morgan fingerprint density at radius 1 is 0.741 bits per heavy atom. The van der Waals surface area contributed by atoms with Crippen molar-refractivity contribution in [3.63, 3.8) is 0 Å².